The number of amides is 1. The van der Waals surface area contributed by atoms with E-state index in [1.807, 2.05) is 35.4 Å². The van der Waals surface area contributed by atoms with E-state index in [-0.39, 0.29) is 5.91 Å². The predicted molar refractivity (Wildman–Crippen MR) is 120 cm³/mol. The number of likely N-dealkylation sites (tertiary alicyclic amines) is 1. The second kappa shape index (κ2) is 7.53. The highest BCUT2D eigenvalue weighted by Crippen LogP contribution is 2.43. The Balaban J connectivity index is 1.28. The summed E-state index contributed by atoms with van der Waals surface area (Å²) in [5.41, 5.74) is 3.75. The topological polar surface area (TPSA) is 70.2 Å². The molecule has 3 aliphatic rings. The van der Waals surface area contributed by atoms with Crippen LogP contribution >= 0.6 is 11.6 Å². The number of ether oxygens (including phenoxy) is 1. The van der Waals surface area contributed by atoms with Gasteiger partial charge in [-0.25, -0.2) is 4.98 Å². The predicted octanol–water partition coefficient (Wildman–Crippen LogP) is 3.64. The van der Waals surface area contributed by atoms with Gasteiger partial charge in [0, 0.05) is 53.4 Å². The van der Waals surface area contributed by atoms with Gasteiger partial charge in [0.05, 0.1) is 0 Å². The van der Waals surface area contributed by atoms with E-state index in [1.165, 1.54) is 6.42 Å². The highest BCUT2D eigenvalue weighted by Gasteiger charge is 2.38. The largest absolute Gasteiger partial charge is 0.479 e. The lowest BCUT2D eigenvalue weighted by Crippen LogP contribution is -2.53. The number of nitrogens with zero attached hydrogens (tertiary/aromatic N) is 2. The van der Waals surface area contributed by atoms with Gasteiger partial charge in [-0.2, -0.15) is 0 Å². The number of aromatic nitrogens is 2. The maximum absolute atomic E-state index is 13.4. The summed E-state index contributed by atoms with van der Waals surface area (Å²) < 4.78 is 6.33. The van der Waals surface area contributed by atoms with Crippen molar-refractivity contribution in [2.45, 2.75) is 25.4 Å². The summed E-state index contributed by atoms with van der Waals surface area (Å²) in [5.74, 6) is 2.19. The van der Waals surface area contributed by atoms with Crippen LogP contribution in [0, 0.1) is 11.8 Å². The number of aromatic amines is 1. The van der Waals surface area contributed by atoms with E-state index in [0.29, 0.717) is 23.3 Å². The molecule has 6 nitrogen and oxygen atoms in total. The van der Waals surface area contributed by atoms with E-state index in [1.54, 1.807) is 6.20 Å². The Bertz CT molecular complexity index is 1160. The van der Waals surface area contributed by atoms with E-state index in [9.17, 15) is 4.79 Å². The molecule has 31 heavy (non-hydrogen) atoms. The number of carbonyl (C=O) groups excluding carboxylic acids is 1. The van der Waals surface area contributed by atoms with Crippen molar-refractivity contribution in [3.05, 3.63) is 47.2 Å². The standard InChI is InChI=1S/C24H25ClN4O2/c25-17-8-15-9-21(24(30)29-7-1-2-14(13-29)16-11-26-12-16)31-22(15)20(10-17)18-3-5-27-23-19(18)4-6-28-23/h3-6,8,10,14,16,21,26H,1-2,7,9,11-13H2,(H,27,28)/t14?,21-/m1/s1. The first-order valence-corrected chi connectivity index (χ1v) is 11.5. The second-order valence-electron chi connectivity index (χ2n) is 8.96. The summed E-state index contributed by atoms with van der Waals surface area (Å²) in [5, 5.41) is 5.03. The van der Waals surface area contributed by atoms with Gasteiger partial charge < -0.3 is 19.9 Å². The molecule has 2 atom stereocenters. The third-order valence-corrected chi connectivity index (χ3v) is 7.29. The van der Waals surface area contributed by atoms with Crippen LogP contribution in [0.1, 0.15) is 18.4 Å². The summed E-state index contributed by atoms with van der Waals surface area (Å²) >= 11 is 6.48. The van der Waals surface area contributed by atoms with Crippen molar-refractivity contribution >= 4 is 28.5 Å². The van der Waals surface area contributed by atoms with E-state index in [0.717, 1.165) is 66.1 Å². The van der Waals surface area contributed by atoms with Crippen LogP contribution in [-0.4, -0.2) is 53.1 Å². The van der Waals surface area contributed by atoms with Crippen molar-refractivity contribution < 1.29 is 9.53 Å². The van der Waals surface area contributed by atoms with Crippen molar-refractivity contribution in [3.8, 4) is 16.9 Å². The lowest BCUT2D eigenvalue weighted by molar-refractivity contribution is -0.140. The van der Waals surface area contributed by atoms with Gasteiger partial charge in [0.15, 0.2) is 6.10 Å². The molecule has 2 saturated heterocycles. The molecule has 2 N–H and O–H groups in total. The van der Waals surface area contributed by atoms with Crippen LogP contribution in [0.5, 0.6) is 5.75 Å². The zero-order valence-electron chi connectivity index (χ0n) is 17.2. The van der Waals surface area contributed by atoms with Gasteiger partial charge in [0.2, 0.25) is 0 Å². The molecule has 6 rings (SSSR count). The van der Waals surface area contributed by atoms with Gasteiger partial charge in [-0.05, 0) is 67.6 Å². The zero-order valence-corrected chi connectivity index (χ0v) is 18.0. The minimum Gasteiger partial charge on any atom is -0.479 e. The molecule has 160 valence electrons. The first-order valence-electron chi connectivity index (χ1n) is 11.1. The Morgan fingerprint density at radius 1 is 1.19 bits per heavy atom. The van der Waals surface area contributed by atoms with Gasteiger partial charge in [-0.3, -0.25) is 4.79 Å². The molecule has 3 aliphatic heterocycles. The monoisotopic (exact) mass is 436 g/mol. The molecule has 1 amide bonds. The number of pyridine rings is 1. The molecule has 0 aliphatic carbocycles. The fourth-order valence-electron chi connectivity index (χ4n) is 5.30. The number of carbonyl (C=O) groups is 1. The maximum atomic E-state index is 13.4. The van der Waals surface area contributed by atoms with Crippen LogP contribution < -0.4 is 10.1 Å². The van der Waals surface area contributed by atoms with E-state index in [2.05, 4.69) is 15.3 Å². The van der Waals surface area contributed by atoms with E-state index >= 15 is 0 Å². The van der Waals surface area contributed by atoms with E-state index < -0.39 is 6.10 Å². The average Bonchev–Trinajstić information content (AvgIpc) is 3.38. The van der Waals surface area contributed by atoms with Gasteiger partial charge in [0.1, 0.15) is 11.4 Å². The van der Waals surface area contributed by atoms with Crippen LogP contribution in [0.4, 0.5) is 0 Å². The number of rotatable bonds is 3. The molecule has 0 radical (unpaired) electrons. The molecule has 1 unspecified atom stereocenters. The Hall–Kier alpha value is -2.57. The number of fused-ring (bicyclic) bond motifs is 2. The summed E-state index contributed by atoms with van der Waals surface area (Å²) in [6.07, 6.45) is 6.04. The number of benzene rings is 1. The van der Waals surface area contributed by atoms with Crippen molar-refractivity contribution in [2.75, 3.05) is 26.2 Å². The summed E-state index contributed by atoms with van der Waals surface area (Å²) in [4.78, 5) is 23.0. The molecule has 1 aromatic carbocycles. The molecular formula is C24H25ClN4O2. The van der Waals surface area contributed by atoms with Crippen LogP contribution in [0.3, 0.4) is 0 Å². The molecule has 2 aromatic heterocycles. The minimum absolute atomic E-state index is 0.108. The summed E-state index contributed by atoms with van der Waals surface area (Å²) in [7, 11) is 0. The Morgan fingerprint density at radius 2 is 2.10 bits per heavy atom. The fourth-order valence-corrected chi connectivity index (χ4v) is 5.54. The van der Waals surface area contributed by atoms with Crippen molar-refractivity contribution in [2.24, 2.45) is 11.8 Å². The van der Waals surface area contributed by atoms with Crippen molar-refractivity contribution in [1.29, 1.82) is 0 Å². The molecule has 0 bridgehead atoms. The highest BCUT2D eigenvalue weighted by atomic mass is 35.5. The zero-order chi connectivity index (χ0) is 20.9. The number of piperidine rings is 1. The van der Waals surface area contributed by atoms with E-state index in [4.69, 9.17) is 16.3 Å². The van der Waals surface area contributed by atoms with Crippen LogP contribution in [0.2, 0.25) is 5.02 Å². The van der Waals surface area contributed by atoms with Crippen molar-refractivity contribution in [1.82, 2.24) is 20.2 Å². The maximum Gasteiger partial charge on any atom is 0.264 e. The van der Waals surface area contributed by atoms with Gasteiger partial charge in [0.25, 0.3) is 5.91 Å². The molecule has 5 heterocycles. The fraction of sp³-hybridized carbons (Fsp3) is 0.417. The summed E-state index contributed by atoms with van der Waals surface area (Å²) in [6.45, 7) is 3.84. The number of nitrogens with one attached hydrogen (secondary N) is 2. The lowest BCUT2D eigenvalue weighted by atomic mass is 9.82. The van der Waals surface area contributed by atoms with Crippen LogP contribution in [-0.2, 0) is 11.2 Å². The SMILES string of the molecule is O=C([C@H]1Cc2cc(Cl)cc(-c3ccnc4[nH]ccc34)c2O1)N1CCCC(C2CNC2)C1. The smallest absolute Gasteiger partial charge is 0.264 e. The normalized spacial score (nSPS) is 23.5. The third kappa shape index (κ3) is 3.29. The van der Waals surface area contributed by atoms with Gasteiger partial charge in [-0.1, -0.05) is 11.6 Å². The van der Waals surface area contributed by atoms with Crippen LogP contribution in [0.15, 0.2) is 36.7 Å². The third-order valence-electron chi connectivity index (χ3n) is 7.07. The summed E-state index contributed by atoms with van der Waals surface area (Å²) in [6, 6.07) is 7.84. The molecule has 7 heteroatoms. The number of hydrogen-bond donors (Lipinski definition) is 2. The molecule has 2 fully saturated rings. The number of halogens is 1. The molecule has 3 aromatic rings. The first kappa shape index (κ1) is 19.1. The molecular weight excluding hydrogens is 412 g/mol. The Morgan fingerprint density at radius 3 is 2.94 bits per heavy atom. The quantitative estimate of drug-likeness (QED) is 0.657. The highest BCUT2D eigenvalue weighted by molar-refractivity contribution is 6.31. The number of hydrogen-bond acceptors (Lipinski definition) is 4. The Kier molecular flexibility index (Phi) is 4.65. The lowest BCUT2D eigenvalue weighted by Gasteiger charge is -2.41. The molecule has 0 saturated carbocycles. The van der Waals surface area contributed by atoms with Crippen molar-refractivity contribution in [3.63, 3.8) is 0 Å². The average molecular weight is 437 g/mol. The molecule has 0 spiro atoms. The first-order chi connectivity index (χ1) is 15.2. The number of H-pyrrole nitrogens is 1. The van der Waals surface area contributed by atoms with Gasteiger partial charge >= 0.3 is 0 Å². The Labute approximate surface area is 185 Å². The second-order valence-corrected chi connectivity index (χ2v) is 9.39. The van der Waals surface area contributed by atoms with Crippen LogP contribution in [0.25, 0.3) is 22.2 Å². The minimum atomic E-state index is -0.478. The van der Waals surface area contributed by atoms with Gasteiger partial charge in [-0.15, -0.1) is 0 Å².